The van der Waals surface area contributed by atoms with Gasteiger partial charge in [0.25, 0.3) is 0 Å². The summed E-state index contributed by atoms with van der Waals surface area (Å²) in [6.45, 7) is 0. The van der Waals surface area contributed by atoms with Gasteiger partial charge >= 0.3 is 7.12 Å². The molecule has 18 rings (SSSR count). The Balaban J connectivity index is 0.000000123. The maximum atomic E-state index is 9.47. The Kier molecular flexibility index (Phi) is 15.1. The Morgan fingerprint density at radius 3 is 1.11 bits per heavy atom. The van der Waals surface area contributed by atoms with Gasteiger partial charge in [0, 0.05) is 67.5 Å². The number of fused-ring (bicyclic) bond motifs is 18. The van der Waals surface area contributed by atoms with E-state index in [4.69, 9.17) is 21.6 Å². The summed E-state index contributed by atoms with van der Waals surface area (Å²) < 4.78 is 5.25. The number of hydrogen-bond acceptors (Lipinski definition) is 8. The Hall–Kier alpha value is -10.5. The lowest BCUT2D eigenvalue weighted by Gasteiger charge is -2.11. The summed E-state index contributed by atoms with van der Waals surface area (Å²) in [5, 5.41) is 33.9. The molecule has 0 aliphatic carbocycles. The van der Waals surface area contributed by atoms with Gasteiger partial charge < -0.3 is 10.0 Å². The molecule has 0 unspecified atom stereocenters. The molecule has 0 aliphatic heterocycles. The molecule has 91 heavy (non-hydrogen) atoms. The highest BCUT2D eigenvalue weighted by Gasteiger charge is 2.17. The second kappa shape index (κ2) is 24.1. The Morgan fingerprint density at radius 1 is 0.297 bits per heavy atom. The largest absolute Gasteiger partial charge is 0.488 e. The Morgan fingerprint density at radius 2 is 0.637 bits per heavy atom. The zero-order valence-corrected chi connectivity index (χ0v) is 50.6. The van der Waals surface area contributed by atoms with Crippen molar-refractivity contribution in [3.05, 3.63) is 297 Å². The van der Waals surface area contributed by atoms with Gasteiger partial charge in [-0.25, -0.2) is 9.97 Å². The predicted molar refractivity (Wildman–Crippen MR) is 390 cm³/mol. The number of halogens is 1. The van der Waals surface area contributed by atoms with Crippen LogP contribution in [0.3, 0.4) is 0 Å². The van der Waals surface area contributed by atoms with Crippen molar-refractivity contribution in [2.75, 3.05) is 0 Å². The third-order valence-electron chi connectivity index (χ3n) is 17.0. The summed E-state index contributed by atoms with van der Waals surface area (Å²) >= 11 is 9.69. The summed E-state index contributed by atoms with van der Waals surface area (Å²) in [7, 11) is -1.46. The molecule has 4 aromatic heterocycles. The molecule has 4 heterocycles. The second-order valence-electron chi connectivity index (χ2n) is 22.3. The van der Waals surface area contributed by atoms with Crippen molar-refractivity contribution in [1.82, 2.24) is 19.9 Å². The van der Waals surface area contributed by atoms with E-state index in [2.05, 4.69) is 240 Å². The van der Waals surface area contributed by atoms with Crippen molar-refractivity contribution in [3.8, 4) is 55.8 Å². The van der Waals surface area contributed by atoms with E-state index in [-0.39, 0.29) is 7.43 Å². The molecule has 0 saturated carbocycles. The average molecular weight is 1230 g/mol. The van der Waals surface area contributed by atoms with E-state index < -0.39 is 7.12 Å². The van der Waals surface area contributed by atoms with Crippen LogP contribution >= 0.6 is 34.3 Å². The minimum Gasteiger partial charge on any atom is -0.423 e. The van der Waals surface area contributed by atoms with E-state index in [1.165, 1.54) is 84.1 Å². The number of hydrogen-bond donors (Lipinski definition) is 2. The van der Waals surface area contributed by atoms with Gasteiger partial charge in [-0.1, -0.05) is 268 Å². The quantitative estimate of drug-likeness (QED) is 0.127. The van der Waals surface area contributed by atoms with Gasteiger partial charge in [-0.05, 0) is 102 Å². The van der Waals surface area contributed by atoms with Crippen molar-refractivity contribution in [1.29, 1.82) is 0 Å². The van der Waals surface area contributed by atoms with E-state index >= 15 is 0 Å². The molecule has 0 bridgehead atoms. The minimum absolute atomic E-state index is 0. The van der Waals surface area contributed by atoms with E-state index in [9.17, 15) is 10.0 Å². The van der Waals surface area contributed by atoms with Crippen LogP contribution in [0.2, 0.25) is 5.15 Å². The maximum absolute atomic E-state index is 9.47. The lowest BCUT2D eigenvalue weighted by Crippen LogP contribution is -2.29. The fourth-order valence-corrected chi connectivity index (χ4v) is 15.4. The number of aromatic nitrogens is 4. The van der Waals surface area contributed by atoms with Gasteiger partial charge in [-0.15, -0.1) is 22.7 Å². The molecular formula is C81H54BClN4O2S2. The number of nitrogens with zero attached hydrogens (tertiary/aromatic N) is 4. The van der Waals surface area contributed by atoms with Crippen molar-refractivity contribution in [3.63, 3.8) is 0 Å². The minimum atomic E-state index is -1.46. The first kappa shape index (κ1) is 57.0. The first-order valence-electron chi connectivity index (χ1n) is 29.7. The van der Waals surface area contributed by atoms with Gasteiger partial charge in [-0.2, -0.15) is 0 Å². The van der Waals surface area contributed by atoms with Crippen molar-refractivity contribution in [2.24, 2.45) is 0 Å². The Bertz CT molecular complexity index is 5780. The first-order valence-corrected chi connectivity index (χ1v) is 31.7. The topological polar surface area (TPSA) is 92.0 Å². The zero-order valence-electron chi connectivity index (χ0n) is 48.2. The van der Waals surface area contributed by atoms with Crippen LogP contribution in [0.25, 0.3) is 161 Å². The van der Waals surface area contributed by atoms with Crippen LogP contribution in [-0.4, -0.2) is 37.1 Å². The SMILES string of the molecule is C.Clc1cnc2c3ccccc3c3ccccc3c2n1.OB(O)c1cccc(-c2cccc(-c3cccc4c3sc3ccccc34)c2)c1.c1cc(-c2cccc(-c3cccc4c3sc3ccccc34)c2)cc(-c2cnc3c4ccccc4c4ccccc4c3n2)c1. The number of rotatable bonds is 6. The molecule has 10 heteroatoms. The van der Waals surface area contributed by atoms with E-state index in [1.54, 1.807) is 12.3 Å². The molecule has 6 nitrogen and oxygen atoms in total. The summed E-state index contributed by atoms with van der Waals surface area (Å²) in [6, 6.07) is 97.2. The predicted octanol–water partition coefficient (Wildman–Crippen LogP) is 21.6. The maximum Gasteiger partial charge on any atom is 0.488 e. The molecule has 0 amide bonds. The van der Waals surface area contributed by atoms with Crippen molar-refractivity contribution >= 4 is 152 Å². The molecule has 18 aromatic rings. The van der Waals surface area contributed by atoms with Crippen molar-refractivity contribution < 1.29 is 10.0 Å². The third kappa shape index (κ3) is 10.5. The first-order chi connectivity index (χ1) is 44.4. The fourth-order valence-electron chi connectivity index (χ4n) is 12.8. The lowest BCUT2D eigenvalue weighted by molar-refractivity contribution is 0.426. The van der Waals surface area contributed by atoms with Gasteiger partial charge in [0.2, 0.25) is 0 Å². The van der Waals surface area contributed by atoms with Gasteiger partial charge in [0.15, 0.2) is 0 Å². The van der Waals surface area contributed by atoms with E-state index in [0.29, 0.717) is 10.6 Å². The number of benzene rings is 14. The highest BCUT2D eigenvalue weighted by atomic mass is 35.5. The van der Waals surface area contributed by atoms with Crippen LogP contribution in [0.1, 0.15) is 7.43 Å². The average Bonchev–Trinajstić information content (AvgIpc) is 1.63. The van der Waals surface area contributed by atoms with Crippen LogP contribution in [-0.2, 0) is 0 Å². The molecule has 14 aromatic carbocycles. The summed E-state index contributed by atoms with van der Waals surface area (Å²) in [5.74, 6) is 0. The normalized spacial score (nSPS) is 11.4. The lowest BCUT2D eigenvalue weighted by atomic mass is 9.79. The molecule has 0 aliphatic rings. The van der Waals surface area contributed by atoms with Crippen LogP contribution in [0.15, 0.2) is 291 Å². The molecule has 432 valence electrons. The molecule has 0 fully saturated rings. The highest BCUT2D eigenvalue weighted by Crippen LogP contribution is 2.43. The Labute approximate surface area is 538 Å². The van der Waals surface area contributed by atoms with Crippen LogP contribution < -0.4 is 5.46 Å². The molecule has 0 atom stereocenters. The van der Waals surface area contributed by atoms with Gasteiger partial charge in [0.05, 0.1) is 40.2 Å². The molecule has 0 saturated heterocycles. The smallest absolute Gasteiger partial charge is 0.423 e. The van der Waals surface area contributed by atoms with Crippen LogP contribution in [0.4, 0.5) is 0 Å². The molecule has 2 N–H and O–H groups in total. The molecule has 0 radical (unpaired) electrons. The standard InChI is InChI=1S/C40H24N2S.C24H17BO2S.C16H9ClN2.CH4/c1-3-17-33-30(14-1)31-15-2-4-18-34(31)39-38(33)41-24-36(42-39)28-13-8-11-26(23-28)25-10-7-12-27(22-25)29-19-9-20-35-32-16-5-6-21-37(32)43-40(29)35;26-25(27)19-9-4-7-17(15-19)16-6-3-8-18(14-16)20-11-5-12-22-21-10-1-2-13-23(21)28-24(20)22;17-14-9-18-15-12-7-3-1-5-10(12)11-6-2-4-8-13(11)16(15)19-14;/h1-24H;1-15,26-27H;1-9H;1H4. The third-order valence-corrected chi connectivity index (χ3v) is 19.6. The monoisotopic (exact) mass is 1220 g/mol. The van der Waals surface area contributed by atoms with Crippen molar-refractivity contribution in [2.45, 2.75) is 7.43 Å². The summed E-state index contributed by atoms with van der Waals surface area (Å²) in [4.78, 5) is 19.1. The zero-order chi connectivity index (χ0) is 60.2. The van der Waals surface area contributed by atoms with E-state index in [0.717, 1.165) is 77.1 Å². The molecular weight excluding hydrogens is 1170 g/mol. The summed E-state index contributed by atoms with van der Waals surface area (Å²) in [6.07, 6.45) is 3.52. The fraction of sp³-hybridized carbons (Fsp3) is 0.0123. The second-order valence-corrected chi connectivity index (χ2v) is 24.8. The molecule has 0 spiro atoms. The van der Waals surface area contributed by atoms with Crippen LogP contribution in [0, 0.1) is 0 Å². The number of thiophene rings is 2. The van der Waals surface area contributed by atoms with Gasteiger partial charge in [-0.3, -0.25) is 9.97 Å². The van der Waals surface area contributed by atoms with Gasteiger partial charge in [0.1, 0.15) is 5.15 Å². The van der Waals surface area contributed by atoms with E-state index in [1.807, 2.05) is 71.3 Å². The van der Waals surface area contributed by atoms with Crippen LogP contribution in [0.5, 0.6) is 0 Å². The highest BCUT2D eigenvalue weighted by molar-refractivity contribution is 7.26. The summed E-state index contributed by atoms with van der Waals surface area (Å²) in [5.41, 5.74) is 15.3.